The maximum Gasteiger partial charge on any atom is 0.333 e. The zero-order valence-corrected chi connectivity index (χ0v) is 19.1. The van der Waals surface area contributed by atoms with Crippen molar-refractivity contribution in [3.8, 4) is 17.5 Å². The van der Waals surface area contributed by atoms with Crippen LogP contribution in [-0.4, -0.2) is 30.4 Å². The van der Waals surface area contributed by atoms with Gasteiger partial charge in [0.05, 0.1) is 45.0 Å². The monoisotopic (exact) mass is 511 g/mol. The Morgan fingerprint density at radius 2 is 1.91 bits per heavy atom. The number of pyridine rings is 1. The second-order valence-electron chi connectivity index (χ2n) is 8.18. The molecule has 0 amide bonds. The lowest BCUT2D eigenvalue weighted by molar-refractivity contribution is 0.0565. The summed E-state index contributed by atoms with van der Waals surface area (Å²) in [6, 6.07) is 10.0. The van der Waals surface area contributed by atoms with Crippen molar-refractivity contribution in [3.63, 3.8) is 0 Å². The third-order valence-corrected chi connectivity index (χ3v) is 6.76. The number of nitrogens with zero attached hydrogens (tertiary/aromatic N) is 6. The number of halogens is 3. The molecular formula is C23H20BrF2N7. The molecule has 7 nitrogen and oxygen atoms in total. The molecule has 0 saturated heterocycles. The molecule has 1 fully saturated rings. The number of fused-ring (bicyclic) bond motifs is 1. The smallest absolute Gasteiger partial charge is 0.333 e. The Kier molecular flexibility index (Phi) is 5.81. The number of nitriles is 1. The third kappa shape index (κ3) is 4.33. The van der Waals surface area contributed by atoms with Crippen LogP contribution in [0.2, 0.25) is 0 Å². The van der Waals surface area contributed by atoms with E-state index in [0.29, 0.717) is 5.56 Å². The Morgan fingerprint density at radius 3 is 2.64 bits per heavy atom. The molecule has 4 aromatic heterocycles. The Labute approximate surface area is 197 Å². The average Bonchev–Trinajstić information content (AvgIpc) is 3.48. The van der Waals surface area contributed by atoms with Crippen molar-refractivity contribution in [1.82, 2.24) is 24.4 Å². The summed E-state index contributed by atoms with van der Waals surface area (Å²) >= 11 is 3.59. The van der Waals surface area contributed by atoms with Crippen LogP contribution in [-0.2, 0) is 0 Å². The van der Waals surface area contributed by atoms with E-state index in [-0.39, 0.29) is 12.0 Å². The first-order chi connectivity index (χ1) is 16.0. The molecule has 0 bridgehead atoms. The van der Waals surface area contributed by atoms with Gasteiger partial charge in [-0.25, -0.2) is 9.20 Å². The lowest BCUT2D eigenvalue weighted by Crippen LogP contribution is -2.25. The van der Waals surface area contributed by atoms with Gasteiger partial charge in [-0.1, -0.05) is 0 Å². The van der Waals surface area contributed by atoms with Crippen LogP contribution in [0.4, 0.5) is 14.5 Å². The van der Waals surface area contributed by atoms with E-state index in [1.807, 2.05) is 18.2 Å². The van der Waals surface area contributed by atoms with E-state index in [9.17, 15) is 8.78 Å². The minimum Gasteiger partial charge on any atom is -0.381 e. The summed E-state index contributed by atoms with van der Waals surface area (Å²) in [7, 11) is 0. The molecular weight excluding hydrogens is 492 g/mol. The van der Waals surface area contributed by atoms with Crippen molar-refractivity contribution in [2.75, 3.05) is 5.32 Å². The predicted octanol–water partition coefficient (Wildman–Crippen LogP) is 5.76. The number of aromatic nitrogens is 5. The molecule has 5 rings (SSSR count). The molecule has 168 valence electrons. The summed E-state index contributed by atoms with van der Waals surface area (Å²) in [4.78, 5) is 4.55. The molecule has 0 aromatic carbocycles. The molecule has 0 aliphatic heterocycles. The summed E-state index contributed by atoms with van der Waals surface area (Å²) in [5.74, 6) is 0.253. The summed E-state index contributed by atoms with van der Waals surface area (Å²) < 4.78 is 29.0. The highest BCUT2D eigenvalue weighted by Crippen LogP contribution is 2.36. The van der Waals surface area contributed by atoms with E-state index in [1.54, 1.807) is 23.0 Å². The molecule has 0 radical (unpaired) electrons. The highest BCUT2D eigenvalue weighted by molar-refractivity contribution is 9.10. The van der Waals surface area contributed by atoms with E-state index in [2.05, 4.69) is 42.5 Å². The number of alkyl halides is 2. The van der Waals surface area contributed by atoms with E-state index >= 15 is 0 Å². The molecule has 4 aromatic rings. The highest BCUT2D eigenvalue weighted by Gasteiger charge is 2.24. The van der Waals surface area contributed by atoms with Crippen molar-refractivity contribution in [2.45, 2.75) is 44.2 Å². The van der Waals surface area contributed by atoms with E-state index < -0.39 is 6.55 Å². The molecule has 4 heterocycles. The van der Waals surface area contributed by atoms with Crippen LogP contribution in [0.15, 0.2) is 53.5 Å². The van der Waals surface area contributed by atoms with Gasteiger partial charge < -0.3 is 5.32 Å². The maximum absolute atomic E-state index is 12.8. The van der Waals surface area contributed by atoms with Crippen LogP contribution >= 0.6 is 15.9 Å². The fourth-order valence-electron chi connectivity index (χ4n) is 4.40. The molecule has 0 unspecified atom stereocenters. The average molecular weight is 512 g/mol. The largest absolute Gasteiger partial charge is 0.381 e. The van der Waals surface area contributed by atoms with Crippen molar-refractivity contribution in [3.05, 3.63) is 64.7 Å². The molecule has 0 spiro atoms. The molecule has 1 aliphatic carbocycles. The van der Waals surface area contributed by atoms with Crippen LogP contribution in [0.1, 0.15) is 49.3 Å². The highest BCUT2D eigenvalue weighted by atomic mass is 79.9. The number of rotatable bonds is 5. The number of anilines is 1. The van der Waals surface area contributed by atoms with Gasteiger partial charge in [0.1, 0.15) is 6.07 Å². The number of nitrogens with one attached hydrogen (secondary N) is 1. The normalized spacial score (nSPS) is 18.5. The lowest BCUT2D eigenvalue weighted by Gasteiger charge is -2.29. The molecule has 1 N–H and O–H groups in total. The minimum absolute atomic E-state index is 0.253. The van der Waals surface area contributed by atoms with Gasteiger partial charge in [0, 0.05) is 18.4 Å². The van der Waals surface area contributed by atoms with Gasteiger partial charge in [0.25, 0.3) is 0 Å². The van der Waals surface area contributed by atoms with Crippen molar-refractivity contribution >= 4 is 27.1 Å². The molecule has 0 atom stereocenters. The quantitative estimate of drug-likeness (QED) is 0.368. The first-order valence-electron chi connectivity index (χ1n) is 10.6. The molecule has 10 heteroatoms. The van der Waals surface area contributed by atoms with Gasteiger partial charge >= 0.3 is 6.55 Å². The Bertz CT molecular complexity index is 1330. The van der Waals surface area contributed by atoms with Gasteiger partial charge in [-0.15, -0.1) is 0 Å². The van der Waals surface area contributed by atoms with E-state index in [4.69, 9.17) is 5.26 Å². The number of hydrogen-bond donors (Lipinski definition) is 1. The first kappa shape index (κ1) is 21.5. The third-order valence-electron chi connectivity index (χ3n) is 6.13. The van der Waals surface area contributed by atoms with Crippen LogP contribution in [0.3, 0.4) is 0 Å². The summed E-state index contributed by atoms with van der Waals surface area (Å²) in [6.07, 6.45) is 10.0. The van der Waals surface area contributed by atoms with Gasteiger partial charge in [0.15, 0.2) is 0 Å². The maximum atomic E-state index is 12.8. The van der Waals surface area contributed by atoms with E-state index in [1.165, 1.54) is 12.4 Å². The molecule has 33 heavy (non-hydrogen) atoms. The Balaban J connectivity index is 1.30. The number of hydrogen-bond acceptors (Lipinski definition) is 5. The zero-order valence-electron chi connectivity index (χ0n) is 17.5. The fourth-order valence-corrected chi connectivity index (χ4v) is 4.74. The van der Waals surface area contributed by atoms with Gasteiger partial charge in [0.2, 0.25) is 0 Å². The summed E-state index contributed by atoms with van der Waals surface area (Å²) in [5.41, 5.74) is 4.77. The van der Waals surface area contributed by atoms with Crippen LogP contribution < -0.4 is 5.32 Å². The Morgan fingerprint density at radius 1 is 1.09 bits per heavy atom. The minimum atomic E-state index is -2.60. The van der Waals surface area contributed by atoms with Crippen LogP contribution in [0.5, 0.6) is 0 Å². The van der Waals surface area contributed by atoms with Crippen molar-refractivity contribution in [2.24, 2.45) is 0 Å². The first-order valence-corrected chi connectivity index (χ1v) is 11.4. The molecule has 1 aliphatic rings. The predicted molar refractivity (Wildman–Crippen MR) is 123 cm³/mol. The Hall–Kier alpha value is -3.32. The van der Waals surface area contributed by atoms with Crippen molar-refractivity contribution < 1.29 is 8.78 Å². The van der Waals surface area contributed by atoms with Crippen LogP contribution in [0, 0.1) is 11.3 Å². The van der Waals surface area contributed by atoms with Crippen molar-refractivity contribution in [1.29, 1.82) is 5.26 Å². The standard InChI is InChI=1S/C23H20BrF2N7/c24-19-12-28-21(22-6-5-18-7-14(9-27)10-30-33(18)22)8-20(19)31-17-3-1-15(2-4-17)16-11-29-32(13-16)23(25)26/h5-8,10-13,15,17,23H,1-4H2,(H,28,31). The SMILES string of the molecule is N#Cc1cnn2c(-c3cc(NC4CCC(c5cnn(C(F)F)c5)CC4)c(Br)cn3)ccc2c1. The lowest BCUT2D eigenvalue weighted by atomic mass is 9.83. The molecule has 1 saturated carbocycles. The second kappa shape index (κ2) is 8.90. The topological polar surface area (TPSA) is 83.8 Å². The summed E-state index contributed by atoms with van der Waals surface area (Å²) in [6.45, 7) is -2.60. The fraction of sp³-hybridized carbons (Fsp3) is 0.304. The summed E-state index contributed by atoms with van der Waals surface area (Å²) in [5, 5.41) is 20.8. The van der Waals surface area contributed by atoms with E-state index in [0.717, 1.165) is 63.0 Å². The van der Waals surface area contributed by atoms with Gasteiger partial charge in [-0.05, 0) is 77.4 Å². The zero-order chi connectivity index (χ0) is 22.9. The van der Waals surface area contributed by atoms with Gasteiger partial charge in [-0.3, -0.25) is 4.98 Å². The second-order valence-corrected chi connectivity index (χ2v) is 9.04. The van der Waals surface area contributed by atoms with Gasteiger partial charge in [-0.2, -0.15) is 24.2 Å². The van der Waals surface area contributed by atoms with Crippen LogP contribution in [0.25, 0.3) is 16.9 Å².